The monoisotopic (exact) mass is 452 g/mol. The lowest BCUT2D eigenvalue weighted by Crippen LogP contribution is -2.45. The van der Waals surface area contributed by atoms with E-state index >= 15 is 0 Å². The van der Waals surface area contributed by atoms with Gasteiger partial charge in [0.1, 0.15) is 22.6 Å². The predicted octanol–water partition coefficient (Wildman–Crippen LogP) is 3.02. The lowest BCUT2D eigenvalue weighted by molar-refractivity contribution is -0.120. The maximum Gasteiger partial charge on any atom is 0.240 e. The van der Waals surface area contributed by atoms with Gasteiger partial charge >= 0.3 is 0 Å². The van der Waals surface area contributed by atoms with E-state index in [9.17, 15) is 4.79 Å². The minimum absolute atomic E-state index is 0.176. The van der Waals surface area contributed by atoms with Crippen LogP contribution >= 0.6 is 11.3 Å². The van der Waals surface area contributed by atoms with Gasteiger partial charge in [0.2, 0.25) is 5.91 Å². The molecule has 1 atom stereocenters. The summed E-state index contributed by atoms with van der Waals surface area (Å²) >= 11 is 1.46. The molecule has 1 aliphatic heterocycles. The van der Waals surface area contributed by atoms with E-state index in [4.69, 9.17) is 16.1 Å². The van der Waals surface area contributed by atoms with Crippen LogP contribution in [0, 0.1) is 11.3 Å². The summed E-state index contributed by atoms with van der Waals surface area (Å²) in [6.07, 6.45) is 6.90. The zero-order valence-corrected chi connectivity index (χ0v) is 17.9. The number of nitrogens with two attached hydrogens (primary N) is 1. The summed E-state index contributed by atoms with van der Waals surface area (Å²) in [5, 5.41) is 22.4. The van der Waals surface area contributed by atoms with E-state index in [2.05, 4.69) is 25.5 Å². The Labute approximate surface area is 191 Å². The first kappa shape index (κ1) is 19.3. The van der Waals surface area contributed by atoms with E-state index in [0.717, 1.165) is 27.0 Å². The van der Waals surface area contributed by atoms with Crippen molar-refractivity contribution in [2.45, 2.75) is 0 Å². The van der Waals surface area contributed by atoms with Crippen molar-refractivity contribution in [1.82, 2.24) is 25.5 Å². The highest BCUT2D eigenvalue weighted by Gasteiger charge is 2.40. The van der Waals surface area contributed by atoms with Crippen LogP contribution in [0.1, 0.15) is 16.1 Å². The van der Waals surface area contributed by atoms with Crippen LogP contribution < -0.4 is 11.1 Å². The van der Waals surface area contributed by atoms with Gasteiger partial charge in [-0.05, 0) is 29.8 Å². The number of rotatable bonds is 3. The number of amides is 1. The summed E-state index contributed by atoms with van der Waals surface area (Å²) in [7, 11) is 0. The Balaban J connectivity index is 1.59. The van der Waals surface area contributed by atoms with E-state index in [-0.39, 0.29) is 11.6 Å². The number of aromatic amines is 1. The maximum atomic E-state index is 13.3. The second-order valence-electron chi connectivity index (χ2n) is 7.60. The predicted molar refractivity (Wildman–Crippen MR) is 128 cm³/mol. The van der Waals surface area contributed by atoms with Crippen molar-refractivity contribution in [2.75, 3.05) is 5.73 Å². The molecule has 4 heterocycles. The Kier molecular flexibility index (Phi) is 4.27. The minimum atomic E-state index is -0.864. The number of aliphatic imine (C=N–C) groups is 1. The third-order valence-electron chi connectivity index (χ3n) is 5.65. The molecule has 10 heteroatoms. The lowest BCUT2D eigenvalue weighted by atomic mass is 9.80. The summed E-state index contributed by atoms with van der Waals surface area (Å²) in [6.45, 7) is 0. The molecule has 3 aromatic heterocycles. The van der Waals surface area contributed by atoms with Crippen LogP contribution in [0.2, 0.25) is 0 Å². The van der Waals surface area contributed by atoms with Gasteiger partial charge in [-0.1, -0.05) is 12.1 Å². The smallest absolute Gasteiger partial charge is 0.240 e. The zero-order valence-electron chi connectivity index (χ0n) is 17.0. The molecule has 1 aliphatic carbocycles. The van der Waals surface area contributed by atoms with E-state index in [1.807, 2.05) is 29.7 Å². The molecule has 0 saturated heterocycles. The van der Waals surface area contributed by atoms with Crippen molar-refractivity contribution in [2.24, 2.45) is 10.9 Å². The van der Waals surface area contributed by atoms with E-state index in [1.54, 1.807) is 30.7 Å². The molecule has 1 aromatic carbocycles. The van der Waals surface area contributed by atoms with Crippen molar-refractivity contribution in [3.8, 4) is 0 Å². The number of nitrogens with one attached hydrogen (secondary N) is 3. The maximum absolute atomic E-state index is 13.3. The number of hydrogen-bond acceptors (Lipinski definition) is 8. The third kappa shape index (κ3) is 3.07. The Morgan fingerprint density at radius 2 is 2.03 bits per heavy atom. The first-order valence-corrected chi connectivity index (χ1v) is 11.0. The Hall–Kier alpha value is -4.44. The molecule has 0 radical (unpaired) electrons. The highest BCUT2D eigenvalue weighted by molar-refractivity contribution is 7.10. The molecule has 9 nitrogen and oxygen atoms in total. The fourth-order valence-electron chi connectivity index (χ4n) is 4.10. The first-order chi connectivity index (χ1) is 16.1. The third-order valence-corrected chi connectivity index (χ3v) is 6.46. The van der Waals surface area contributed by atoms with Gasteiger partial charge in [-0.3, -0.25) is 9.89 Å². The number of anilines is 1. The average Bonchev–Trinajstić information content (AvgIpc) is 3.52. The van der Waals surface area contributed by atoms with Crippen LogP contribution in [0.25, 0.3) is 22.0 Å². The molecular weight excluding hydrogens is 436 g/mol. The molecule has 0 spiro atoms. The summed E-state index contributed by atoms with van der Waals surface area (Å²) < 4.78 is 0. The number of nitrogens with zero attached hydrogens (tertiary/aromatic N) is 4. The largest absolute Gasteiger partial charge is 0.384 e. The number of hydrogen-bond donors (Lipinski definition) is 4. The molecule has 0 bridgehead atoms. The molecule has 0 saturated carbocycles. The van der Waals surface area contributed by atoms with Crippen LogP contribution in [0.4, 0.5) is 5.82 Å². The SMILES string of the molecule is N=C1C(c2cccc3[nH]ncc23)=CC(c2nccs2)=C2N=C(c3ccc(N)nc3)NC(=O)C12. The van der Waals surface area contributed by atoms with E-state index in [0.29, 0.717) is 28.5 Å². The fourth-order valence-corrected chi connectivity index (χ4v) is 4.76. The van der Waals surface area contributed by atoms with Gasteiger partial charge in [-0.15, -0.1) is 11.3 Å². The molecule has 6 rings (SSSR count). The number of carbonyl (C=O) groups is 1. The zero-order chi connectivity index (χ0) is 22.5. The molecule has 1 amide bonds. The van der Waals surface area contributed by atoms with E-state index in [1.165, 1.54) is 11.3 Å². The number of allylic oxidation sites excluding steroid dienone is 3. The summed E-state index contributed by atoms with van der Waals surface area (Å²) in [6, 6.07) is 9.15. The lowest BCUT2D eigenvalue weighted by Gasteiger charge is -2.30. The normalized spacial score (nSPS) is 18.1. The van der Waals surface area contributed by atoms with Gasteiger partial charge in [-0.25, -0.2) is 15.0 Å². The molecule has 33 heavy (non-hydrogen) atoms. The number of H-pyrrole nitrogens is 1. The summed E-state index contributed by atoms with van der Waals surface area (Å²) in [4.78, 5) is 26.7. The number of thiazole rings is 1. The van der Waals surface area contributed by atoms with Crippen molar-refractivity contribution in [1.29, 1.82) is 5.41 Å². The molecule has 160 valence electrons. The van der Waals surface area contributed by atoms with Gasteiger partial charge in [0.25, 0.3) is 0 Å². The number of pyridine rings is 1. The van der Waals surface area contributed by atoms with Crippen LogP contribution in [-0.2, 0) is 4.79 Å². The van der Waals surface area contributed by atoms with Crippen LogP contribution in [0.3, 0.4) is 0 Å². The van der Waals surface area contributed by atoms with Crippen LogP contribution in [0.15, 0.2) is 71.1 Å². The number of benzene rings is 1. The number of carbonyl (C=O) groups excluding carboxylic acids is 1. The highest BCUT2D eigenvalue weighted by Crippen LogP contribution is 2.41. The minimum Gasteiger partial charge on any atom is -0.384 e. The van der Waals surface area contributed by atoms with Crippen molar-refractivity contribution >= 4 is 56.7 Å². The first-order valence-electron chi connectivity index (χ1n) is 10.1. The number of nitrogen functional groups attached to an aromatic ring is 1. The summed E-state index contributed by atoms with van der Waals surface area (Å²) in [5.74, 6) is -0.440. The number of fused-ring (bicyclic) bond motifs is 2. The Morgan fingerprint density at radius 1 is 1.12 bits per heavy atom. The summed E-state index contributed by atoms with van der Waals surface area (Å²) in [5.41, 5.74) is 10.0. The molecule has 4 aromatic rings. The molecular formula is C23H16N8OS. The molecule has 1 unspecified atom stereocenters. The average molecular weight is 453 g/mol. The topological polar surface area (TPSA) is 146 Å². The van der Waals surface area contributed by atoms with Crippen molar-refractivity contribution in [3.63, 3.8) is 0 Å². The fraction of sp³-hybridized carbons (Fsp3) is 0.0435. The highest BCUT2D eigenvalue weighted by atomic mass is 32.1. The number of amidine groups is 1. The Bertz CT molecular complexity index is 1530. The van der Waals surface area contributed by atoms with Crippen LogP contribution in [0.5, 0.6) is 0 Å². The van der Waals surface area contributed by atoms with Crippen molar-refractivity contribution < 1.29 is 4.79 Å². The van der Waals surface area contributed by atoms with Gasteiger partial charge in [0.15, 0.2) is 0 Å². The Morgan fingerprint density at radius 3 is 2.82 bits per heavy atom. The number of aromatic nitrogens is 4. The standard InChI is InChI=1S/C23H16N8OS/c24-17-5-4-11(9-27-17)21-29-20-14(23-26-6-7-33-23)8-13(19(25)18(20)22(32)30-21)12-2-1-3-16-15(12)10-28-31-16/h1-10,18,25H,(H2,24,27)(H,28,31)(H,29,30,32). The van der Waals surface area contributed by atoms with Gasteiger partial charge in [0.05, 0.1) is 23.1 Å². The second-order valence-corrected chi connectivity index (χ2v) is 8.49. The van der Waals surface area contributed by atoms with Crippen molar-refractivity contribution in [3.05, 3.63) is 82.2 Å². The van der Waals surface area contributed by atoms with Gasteiger partial charge in [0, 0.05) is 39.9 Å². The molecule has 2 aliphatic rings. The molecule has 5 N–H and O–H groups in total. The van der Waals surface area contributed by atoms with Crippen LogP contribution in [-0.4, -0.2) is 37.6 Å². The van der Waals surface area contributed by atoms with E-state index < -0.39 is 5.92 Å². The van der Waals surface area contributed by atoms with Gasteiger partial charge < -0.3 is 16.5 Å². The quantitative estimate of drug-likeness (QED) is 0.377. The van der Waals surface area contributed by atoms with Gasteiger partial charge in [-0.2, -0.15) is 5.10 Å². The molecule has 0 fully saturated rings. The second kappa shape index (κ2) is 7.31.